The highest BCUT2D eigenvalue weighted by atomic mass is 16.2. The van der Waals surface area contributed by atoms with Crippen LogP contribution >= 0.6 is 0 Å². The van der Waals surface area contributed by atoms with Gasteiger partial charge in [-0.1, -0.05) is 12.1 Å². The van der Waals surface area contributed by atoms with Gasteiger partial charge in [0.2, 0.25) is 11.8 Å². The van der Waals surface area contributed by atoms with Gasteiger partial charge in [0.05, 0.1) is 12.0 Å². The second-order valence-electron chi connectivity index (χ2n) is 6.19. The smallest absolute Gasteiger partial charge is 0.314 e. The molecule has 0 aromatic heterocycles. The number of anilines is 1. The number of nitrogens with zero attached hydrogens (tertiary/aromatic N) is 2. The Labute approximate surface area is 134 Å². The van der Waals surface area contributed by atoms with E-state index in [1.165, 1.54) is 4.90 Å². The van der Waals surface area contributed by atoms with Crippen LogP contribution in [0.3, 0.4) is 0 Å². The number of hydrogen-bond donors (Lipinski definition) is 2. The molecule has 2 heterocycles. The highest BCUT2D eigenvalue weighted by Gasteiger charge is 2.38. The molecule has 0 spiro atoms. The van der Waals surface area contributed by atoms with Crippen LogP contribution in [0, 0.1) is 12.8 Å². The van der Waals surface area contributed by atoms with Gasteiger partial charge in [-0.15, -0.1) is 0 Å². The molecule has 1 atom stereocenters. The van der Waals surface area contributed by atoms with Crippen molar-refractivity contribution in [2.24, 2.45) is 11.7 Å². The van der Waals surface area contributed by atoms with E-state index in [2.05, 4.69) is 5.32 Å². The lowest BCUT2D eigenvalue weighted by molar-refractivity contribution is -0.127. The number of rotatable bonds is 3. The van der Waals surface area contributed by atoms with Crippen molar-refractivity contribution in [3.63, 3.8) is 0 Å². The van der Waals surface area contributed by atoms with Crippen LogP contribution in [0.25, 0.3) is 0 Å². The van der Waals surface area contributed by atoms with E-state index in [0.29, 0.717) is 19.6 Å². The fraction of sp³-hybridized carbons (Fsp3) is 0.438. The van der Waals surface area contributed by atoms with Gasteiger partial charge in [-0.3, -0.25) is 9.59 Å². The van der Waals surface area contributed by atoms with Crippen LogP contribution in [-0.4, -0.2) is 48.4 Å². The maximum absolute atomic E-state index is 12.3. The van der Waals surface area contributed by atoms with Crippen LogP contribution in [0.5, 0.6) is 0 Å². The molecule has 3 rings (SSSR count). The van der Waals surface area contributed by atoms with E-state index >= 15 is 0 Å². The lowest BCUT2D eigenvalue weighted by Crippen LogP contribution is -2.62. The summed E-state index contributed by atoms with van der Waals surface area (Å²) in [6, 6.07) is 7.14. The minimum absolute atomic E-state index is 0.0388. The normalized spacial score (nSPS) is 21.3. The van der Waals surface area contributed by atoms with Crippen LogP contribution in [0.2, 0.25) is 0 Å². The first kappa shape index (κ1) is 15.3. The number of urea groups is 1. The summed E-state index contributed by atoms with van der Waals surface area (Å²) in [6.45, 7) is 3.22. The lowest BCUT2D eigenvalue weighted by Gasteiger charge is -2.38. The number of carbonyl (C=O) groups is 3. The third kappa shape index (κ3) is 3.13. The topological polar surface area (TPSA) is 95.7 Å². The van der Waals surface area contributed by atoms with Crippen molar-refractivity contribution in [1.29, 1.82) is 0 Å². The van der Waals surface area contributed by atoms with Gasteiger partial charge in [-0.05, 0) is 24.6 Å². The first-order valence-corrected chi connectivity index (χ1v) is 7.66. The van der Waals surface area contributed by atoms with Gasteiger partial charge in [-0.25, -0.2) is 4.79 Å². The van der Waals surface area contributed by atoms with Gasteiger partial charge in [-0.2, -0.15) is 0 Å². The quantitative estimate of drug-likeness (QED) is 0.835. The maximum atomic E-state index is 12.3. The molecule has 2 saturated heterocycles. The summed E-state index contributed by atoms with van der Waals surface area (Å²) in [7, 11) is 0. The van der Waals surface area contributed by atoms with Gasteiger partial charge < -0.3 is 20.9 Å². The van der Waals surface area contributed by atoms with Crippen LogP contribution in [0.15, 0.2) is 24.3 Å². The molecule has 1 unspecified atom stereocenters. The van der Waals surface area contributed by atoms with Crippen molar-refractivity contribution in [2.45, 2.75) is 19.4 Å². The molecule has 2 fully saturated rings. The number of carbonyl (C=O) groups excluding carboxylic acids is 3. The highest BCUT2D eigenvalue weighted by Crippen LogP contribution is 2.26. The molecule has 1 aromatic rings. The summed E-state index contributed by atoms with van der Waals surface area (Å²) >= 11 is 0. The summed E-state index contributed by atoms with van der Waals surface area (Å²) in [6.07, 6.45) is 0.214. The summed E-state index contributed by atoms with van der Waals surface area (Å²) in [5.41, 5.74) is 7.05. The van der Waals surface area contributed by atoms with Gasteiger partial charge >= 0.3 is 6.03 Å². The standard InChI is InChI=1S/C16H20N4O3/c1-10-3-2-4-13(5-10)20-7-11(6-14(20)21)15(22)18-12-8-19(9-12)16(17)23/h2-5,11-12H,6-9H2,1H3,(H2,17,23)(H,18,22). The zero-order valence-corrected chi connectivity index (χ0v) is 13.0. The fourth-order valence-corrected chi connectivity index (χ4v) is 3.00. The van der Waals surface area contributed by atoms with E-state index < -0.39 is 6.03 Å². The van der Waals surface area contributed by atoms with E-state index in [9.17, 15) is 14.4 Å². The molecule has 3 N–H and O–H groups in total. The molecule has 0 bridgehead atoms. The number of likely N-dealkylation sites (tertiary alicyclic amines) is 1. The van der Waals surface area contributed by atoms with E-state index in [4.69, 9.17) is 5.73 Å². The zero-order chi connectivity index (χ0) is 16.6. The van der Waals surface area contributed by atoms with Crippen molar-refractivity contribution in [3.8, 4) is 0 Å². The minimum Gasteiger partial charge on any atom is -0.351 e. The minimum atomic E-state index is -0.475. The van der Waals surface area contributed by atoms with Crippen LogP contribution in [0.1, 0.15) is 12.0 Å². The van der Waals surface area contributed by atoms with E-state index in [-0.39, 0.29) is 30.2 Å². The number of nitrogens with two attached hydrogens (primary N) is 1. The Hall–Kier alpha value is -2.57. The van der Waals surface area contributed by atoms with Crippen LogP contribution in [-0.2, 0) is 9.59 Å². The summed E-state index contributed by atoms with van der Waals surface area (Å²) < 4.78 is 0. The molecule has 1 aromatic carbocycles. The largest absolute Gasteiger partial charge is 0.351 e. The van der Waals surface area contributed by atoms with Gasteiger partial charge in [0.25, 0.3) is 0 Å². The predicted octanol–water partition coefficient (Wildman–Crippen LogP) is 0.227. The monoisotopic (exact) mass is 316 g/mol. The molecule has 2 aliphatic heterocycles. The van der Waals surface area contributed by atoms with E-state index in [1.54, 1.807) is 4.90 Å². The fourth-order valence-electron chi connectivity index (χ4n) is 3.00. The van der Waals surface area contributed by atoms with Crippen molar-refractivity contribution < 1.29 is 14.4 Å². The molecule has 122 valence electrons. The number of benzene rings is 1. The molecular formula is C16H20N4O3. The molecule has 0 aliphatic carbocycles. The number of aryl methyl sites for hydroxylation is 1. The Bertz CT molecular complexity index is 654. The van der Waals surface area contributed by atoms with Crippen LogP contribution in [0.4, 0.5) is 10.5 Å². The Balaban J connectivity index is 1.57. The Morgan fingerprint density at radius 1 is 1.26 bits per heavy atom. The molecular weight excluding hydrogens is 296 g/mol. The Kier molecular flexibility index (Phi) is 3.94. The first-order chi connectivity index (χ1) is 10.9. The Morgan fingerprint density at radius 3 is 2.65 bits per heavy atom. The van der Waals surface area contributed by atoms with Crippen molar-refractivity contribution in [2.75, 3.05) is 24.5 Å². The zero-order valence-electron chi connectivity index (χ0n) is 13.0. The second-order valence-corrected chi connectivity index (χ2v) is 6.19. The van der Waals surface area contributed by atoms with Crippen molar-refractivity contribution in [1.82, 2.24) is 10.2 Å². The van der Waals surface area contributed by atoms with E-state index in [1.807, 2.05) is 31.2 Å². The molecule has 0 radical (unpaired) electrons. The third-order valence-electron chi connectivity index (χ3n) is 4.35. The Morgan fingerprint density at radius 2 is 2.00 bits per heavy atom. The van der Waals surface area contributed by atoms with Gasteiger partial charge in [0.15, 0.2) is 0 Å². The number of hydrogen-bond acceptors (Lipinski definition) is 3. The first-order valence-electron chi connectivity index (χ1n) is 7.66. The van der Waals surface area contributed by atoms with Crippen molar-refractivity contribution in [3.05, 3.63) is 29.8 Å². The number of primary amides is 1. The molecule has 7 heteroatoms. The molecule has 2 aliphatic rings. The highest BCUT2D eigenvalue weighted by molar-refractivity contribution is 6.00. The average molecular weight is 316 g/mol. The lowest BCUT2D eigenvalue weighted by atomic mass is 10.1. The predicted molar refractivity (Wildman–Crippen MR) is 84.7 cm³/mol. The molecule has 23 heavy (non-hydrogen) atoms. The van der Waals surface area contributed by atoms with Crippen LogP contribution < -0.4 is 16.0 Å². The maximum Gasteiger partial charge on any atom is 0.314 e. The third-order valence-corrected chi connectivity index (χ3v) is 4.35. The SMILES string of the molecule is Cc1cccc(N2CC(C(=O)NC3CN(C(N)=O)C3)CC2=O)c1. The summed E-state index contributed by atoms with van der Waals surface area (Å²) in [4.78, 5) is 38.5. The molecule has 0 saturated carbocycles. The number of nitrogens with one attached hydrogen (secondary N) is 1. The van der Waals surface area contributed by atoms with Gasteiger partial charge in [0.1, 0.15) is 0 Å². The van der Waals surface area contributed by atoms with E-state index in [0.717, 1.165) is 11.3 Å². The second kappa shape index (κ2) is 5.91. The average Bonchev–Trinajstić information content (AvgIpc) is 2.84. The summed E-state index contributed by atoms with van der Waals surface area (Å²) in [5, 5.41) is 2.88. The molecule has 4 amide bonds. The van der Waals surface area contributed by atoms with Crippen molar-refractivity contribution >= 4 is 23.5 Å². The summed E-state index contributed by atoms with van der Waals surface area (Å²) in [5.74, 6) is -0.531. The molecule has 7 nitrogen and oxygen atoms in total. The van der Waals surface area contributed by atoms with Gasteiger partial charge in [0, 0.05) is 31.7 Å². The number of amides is 4.